The number of pyridine rings is 1. The van der Waals surface area contributed by atoms with Crippen molar-refractivity contribution in [1.82, 2.24) is 9.97 Å². The molecular weight excluding hydrogens is 244 g/mol. The van der Waals surface area contributed by atoms with Gasteiger partial charge in [0.05, 0.1) is 12.3 Å². The van der Waals surface area contributed by atoms with E-state index in [0.29, 0.717) is 5.15 Å². The van der Waals surface area contributed by atoms with E-state index in [1.807, 2.05) is 6.07 Å². The zero-order chi connectivity index (χ0) is 11.5. The van der Waals surface area contributed by atoms with Crippen LogP contribution in [-0.2, 0) is 13.0 Å². The first-order chi connectivity index (χ1) is 7.74. The van der Waals surface area contributed by atoms with Gasteiger partial charge in [-0.05, 0) is 18.6 Å². The van der Waals surface area contributed by atoms with Crippen LogP contribution in [0.25, 0.3) is 10.6 Å². The minimum absolute atomic E-state index is 0.0154. The maximum absolute atomic E-state index is 9.17. The van der Waals surface area contributed by atoms with Gasteiger partial charge in [-0.2, -0.15) is 0 Å². The summed E-state index contributed by atoms with van der Waals surface area (Å²) >= 11 is 7.41. The predicted molar refractivity (Wildman–Crippen MR) is 65.7 cm³/mol. The van der Waals surface area contributed by atoms with E-state index in [9.17, 15) is 5.11 Å². The predicted octanol–water partition coefficient (Wildman–Crippen LogP) is 2.91. The summed E-state index contributed by atoms with van der Waals surface area (Å²) in [5, 5.41) is 10.5. The van der Waals surface area contributed by atoms with Gasteiger partial charge in [-0.3, -0.25) is 0 Å². The molecular formula is C11H11ClN2OS. The van der Waals surface area contributed by atoms with Crippen molar-refractivity contribution in [3.8, 4) is 10.6 Å². The molecule has 0 aliphatic carbocycles. The molecule has 5 heteroatoms. The molecule has 2 aromatic heterocycles. The maximum Gasteiger partial charge on any atom is 0.129 e. The zero-order valence-electron chi connectivity index (χ0n) is 8.77. The van der Waals surface area contributed by atoms with E-state index in [2.05, 4.69) is 16.9 Å². The fraction of sp³-hybridized carbons (Fsp3) is 0.273. The average Bonchev–Trinajstić information content (AvgIpc) is 2.72. The van der Waals surface area contributed by atoms with Gasteiger partial charge in [-0.1, -0.05) is 18.5 Å². The fourth-order valence-corrected chi connectivity index (χ4v) is 2.62. The molecule has 0 amide bonds. The Bertz CT molecular complexity index is 477. The van der Waals surface area contributed by atoms with Gasteiger partial charge >= 0.3 is 0 Å². The van der Waals surface area contributed by atoms with Crippen LogP contribution < -0.4 is 0 Å². The van der Waals surface area contributed by atoms with Crippen LogP contribution in [0.2, 0.25) is 5.15 Å². The van der Waals surface area contributed by atoms with Gasteiger partial charge in [0.25, 0.3) is 0 Å². The zero-order valence-corrected chi connectivity index (χ0v) is 10.3. The molecule has 2 heterocycles. The van der Waals surface area contributed by atoms with Crippen molar-refractivity contribution in [2.75, 3.05) is 0 Å². The van der Waals surface area contributed by atoms with Crippen LogP contribution in [0.5, 0.6) is 0 Å². The molecule has 0 spiro atoms. The molecule has 0 atom stereocenters. The van der Waals surface area contributed by atoms with Gasteiger partial charge in [-0.25, -0.2) is 9.97 Å². The molecule has 1 N–H and O–H groups in total. The van der Waals surface area contributed by atoms with Gasteiger partial charge in [0.15, 0.2) is 0 Å². The first-order valence-corrected chi connectivity index (χ1v) is 6.15. The van der Waals surface area contributed by atoms with Crippen molar-refractivity contribution in [2.45, 2.75) is 20.0 Å². The molecule has 0 aliphatic rings. The Morgan fingerprint density at radius 3 is 2.88 bits per heavy atom. The molecule has 0 unspecified atom stereocenters. The highest BCUT2D eigenvalue weighted by Crippen LogP contribution is 2.29. The number of hydrogen-bond donors (Lipinski definition) is 1. The van der Waals surface area contributed by atoms with Crippen molar-refractivity contribution in [1.29, 1.82) is 0 Å². The van der Waals surface area contributed by atoms with Crippen LogP contribution in [0, 0.1) is 0 Å². The van der Waals surface area contributed by atoms with Crippen LogP contribution in [0.1, 0.15) is 17.5 Å². The Balaban J connectivity index is 2.44. The molecule has 16 heavy (non-hydrogen) atoms. The number of halogens is 1. The summed E-state index contributed by atoms with van der Waals surface area (Å²) in [6.07, 6.45) is 2.54. The highest BCUT2D eigenvalue weighted by molar-refractivity contribution is 7.15. The van der Waals surface area contributed by atoms with Crippen LogP contribution in [0.3, 0.4) is 0 Å². The van der Waals surface area contributed by atoms with Crippen molar-refractivity contribution in [3.63, 3.8) is 0 Å². The molecule has 0 radical (unpaired) electrons. The third-order valence-electron chi connectivity index (χ3n) is 2.22. The topological polar surface area (TPSA) is 46.0 Å². The molecule has 0 fully saturated rings. The van der Waals surface area contributed by atoms with E-state index < -0.39 is 0 Å². The lowest BCUT2D eigenvalue weighted by Crippen LogP contribution is -1.88. The summed E-state index contributed by atoms with van der Waals surface area (Å²) in [5.41, 5.74) is 1.70. The number of aryl methyl sites for hydroxylation is 1. The quantitative estimate of drug-likeness (QED) is 0.857. The Morgan fingerprint density at radius 2 is 2.31 bits per heavy atom. The van der Waals surface area contributed by atoms with Crippen molar-refractivity contribution < 1.29 is 5.11 Å². The summed E-state index contributed by atoms with van der Waals surface area (Å²) < 4.78 is 0. The molecule has 2 aromatic rings. The molecule has 2 rings (SSSR count). The lowest BCUT2D eigenvalue weighted by Gasteiger charge is -1.95. The molecule has 0 aromatic carbocycles. The first kappa shape index (κ1) is 11.5. The summed E-state index contributed by atoms with van der Waals surface area (Å²) in [6.45, 7) is 2.04. The molecule has 0 saturated heterocycles. The van der Waals surface area contributed by atoms with Gasteiger partial charge < -0.3 is 5.11 Å². The lowest BCUT2D eigenvalue weighted by atomic mass is 10.3. The largest absolute Gasteiger partial charge is 0.390 e. The highest BCUT2D eigenvalue weighted by Gasteiger charge is 2.10. The average molecular weight is 255 g/mol. The summed E-state index contributed by atoms with van der Waals surface area (Å²) in [5.74, 6) is 0. The smallest absolute Gasteiger partial charge is 0.129 e. The summed E-state index contributed by atoms with van der Waals surface area (Å²) in [7, 11) is 0. The highest BCUT2D eigenvalue weighted by atomic mass is 35.5. The third-order valence-corrected chi connectivity index (χ3v) is 3.72. The first-order valence-electron chi connectivity index (χ1n) is 4.96. The second-order valence-corrected chi connectivity index (χ2v) is 4.74. The second-order valence-electron chi connectivity index (χ2n) is 3.27. The van der Waals surface area contributed by atoms with E-state index in [1.54, 1.807) is 23.6 Å². The minimum atomic E-state index is -0.0154. The fourth-order valence-electron chi connectivity index (χ4n) is 1.44. The summed E-state index contributed by atoms with van der Waals surface area (Å²) in [6, 6.07) is 3.65. The number of rotatable bonds is 3. The molecule has 3 nitrogen and oxygen atoms in total. The van der Waals surface area contributed by atoms with Gasteiger partial charge in [0, 0.05) is 16.6 Å². The molecule has 0 bridgehead atoms. The van der Waals surface area contributed by atoms with Crippen LogP contribution in [0.4, 0.5) is 0 Å². The van der Waals surface area contributed by atoms with E-state index in [4.69, 9.17) is 11.6 Å². The molecule has 84 valence electrons. The monoisotopic (exact) mass is 254 g/mol. The Kier molecular flexibility index (Phi) is 3.53. The van der Waals surface area contributed by atoms with Crippen molar-refractivity contribution in [3.05, 3.63) is 34.1 Å². The van der Waals surface area contributed by atoms with Crippen molar-refractivity contribution >= 4 is 22.9 Å². The number of hydrogen-bond acceptors (Lipinski definition) is 4. The van der Waals surface area contributed by atoms with Crippen molar-refractivity contribution in [2.24, 2.45) is 0 Å². The standard InChI is InChI=1S/C11H11ClN2OS/c1-2-9-8(6-15)14-11(16-9)7-3-4-13-10(12)5-7/h3-5,15H,2,6H2,1H3. The van der Waals surface area contributed by atoms with E-state index in [-0.39, 0.29) is 6.61 Å². The Morgan fingerprint density at radius 1 is 1.50 bits per heavy atom. The third kappa shape index (κ3) is 2.24. The maximum atomic E-state index is 9.17. The Labute approximate surface area is 103 Å². The van der Waals surface area contributed by atoms with Crippen LogP contribution >= 0.6 is 22.9 Å². The molecule has 0 saturated carbocycles. The normalized spacial score (nSPS) is 10.7. The van der Waals surface area contributed by atoms with Crippen LogP contribution in [-0.4, -0.2) is 15.1 Å². The SMILES string of the molecule is CCc1sc(-c2ccnc(Cl)c2)nc1CO. The van der Waals surface area contributed by atoms with Gasteiger partial charge in [0.2, 0.25) is 0 Å². The van der Waals surface area contributed by atoms with E-state index in [1.165, 1.54) is 0 Å². The van der Waals surface area contributed by atoms with Gasteiger partial charge in [0.1, 0.15) is 10.2 Å². The van der Waals surface area contributed by atoms with Crippen LogP contribution in [0.15, 0.2) is 18.3 Å². The van der Waals surface area contributed by atoms with E-state index >= 15 is 0 Å². The number of thiazole rings is 1. The number of aliphatic hydroxyl groups excluding tert-OH is 1. The summed E-state index contributed by atoms with van der Waals surface area (Å²) in [4.78, 5) is 9.44. The number of aliphatic hydroxyl groups is 1. The Hall–Kier alpha value is -0.970. The lowest BCUT2D eigenvalue weighted by molar-refractivity contribution is 0.276. The number of aromatic nitrogens is 2. The second kappa shape index (κ2) is 4.91. The number of nitrogens with zero attached hydrogens (tertiary/aromatic N) is 2. The minimum Gasteiger partial charge on any atom is -0.390 e. The molecule has 0 aliphatic heterocycles. The van der Waals surface area contributed by atoms with E-state index in [0.717, 1.165) is 27.6 Å². The van der Waals surface area contributed by atoms with Gasteiger partial charge in [-0.15, -0.1) is 11.3 Å².